The highest BCUT2D eigenvalue weighted by atomic mass is 35.5. The molecule has 0 spiro atoms. The Morgan fingerprint density at radius 1 is 1.29 bits per heavy atom. The van der Waals surface area contributed by atoms with Gasteiger partial charge in [0.2, 0.25) is 15.9 Å². The first-order chi connectivity index (χ1) is 14.7. The van der Waals surface area contributed by atoms with E-state index in [1.807, 2.05) is 0 Å². The normalized spacial score (nSPS) is 24.4. The maximum Gasteiger partial charge on any atom is 0.337 e. The van der Waals surface area contributed by atoms with Crippen LogP contribution >= 0.6 is 11.6 Å². The number of esters is 1. The largest absolute Gasteiger partial charge is 0.465 e. The third-order valence-corrected chi connectivity index (χ3v) is 7.87. The molecule has 0 saturated carbocycles. The summed E-state index contributed by atoms with van der Waals surface area (Å²) in [5, 5.41) is 0.0789. The minimum Gasteiger partial charge on any atom is -0.465 e. The zero-order valence-electron chi connectivity index (χ0n) is 17.4. The van der Waals surface area contributed by atoms with Crippen molar-refractivity contribution < 1.29 is 27.5 Å². The van der Waals surface area contributed by atoms with Gasteiger partial charge in [-0.3, -0.25) is 4.79 Å². The molecule has 3 rings (SSSR count). The number of methoxy groups -OCH3 is 2. The van der Waals surface area contributed by atoms with Crippen LogP contribution in [0, 0.1) is 18.3 Å². The summed E-state index contributed by atoms with van der Waals surface area (Å²) in [6.45, 7) is 0.688. The lowest BCUT2D eigenvalue weighted by atomic mass is 9.91. The molecule has 168 valence electrons. The van der Waals surface area contributed by atoms with E-state index in [-0.39, 0.29) is 40.5 Å². The molecular formula is C21H25ClN2O6S. The van der Waals surface area contributed by atoms with E-state index in [0.717, 1.165) is 0 Å². The van der Waals surface area contributed by atoms with E-state index in [0.29, 0.717) is 25.8 Å². The number of terminal acetylenes is 1. The predicted octanol–water partition coefficient (Wildman–Crippen LogP) is 1.78. The molecule has 0 aromatic heterocycles. The third kappa shape index (κ3) is 4.58. The molecule has 10 heteroatoms. The number of rotatable bonds is 6. The van der Waals surface area contributed by atoms with Gasteiger partial charge in [0.25, 0.3) is 0 Å². The fourth-order valence-electron chi connectivity index (χ4n) is 4.43. The molecule has 1 aromatic rings. The second-order valence-corrected chi connectivity index (χ2v) is 9.93. The molecule has 1 aromatic carbocycles. The molecule has 1 amide bonds. The van der Waals surface area contributed by atoms with Crippen molar-refractivity contribution >= 4 is 33.5 Å². The average molecular weight is 469 g/mol. The SMILES string of the molecule is C#CCN1C[C@H](COC)[C@@H]2CCCC(C1=O)N2S(=O)(=O)c1cc(Cl)cc(C(=O)OC)c1. The van der Waals surface area contributed by atoms with Crippen molar-refractivity contribution in [3.05, 3.63) is 28.8 Å². The maximum absolute atomic E-state index is 13.8. The third-order valence-electron chi connectivity index (χ3n) is 5.74. The number of piperidine rings is 1. The second kappa shape index (κ2) is 9.57. The Hall–Kier alpha value is -2.12. The number of sulfonamides is 1. The standard InChI is InChI=1S/C21H25ClN2O6S/c1-4-8-23-12-15(13-29-2)18-6-5-7-19(20(23)25)24(18)31(27,28)17-10-14(21(26)30-3)9-16(22)11-17/h1,9-11,15,18-19H,5-8,12-13H2,2-3H3/t15-,18+,19?/m1/s1. The lowest BCUT2D eigenvalue weighted by Gasteiger charge is -2.40. The van der Waals surface area contributed by atoms with Crippen LogP contribution < -0.4 is 0 Å². The Morgan fingerprint density at radius 2 is 2.03 bits per heavy atom. The van der Waals surface area contributed by atoms with Crippen molar-refractivity contribution in [1.29, 1.82) is 0 Å². The van der Waals surface area contributed by atoms with Gasteiger partial charge in [-0.05, 0) is 37.5 Å². The number of benzene rings is 1. The van der Waals surface area contributed by atoms with Crippen LogP contribution in [0.25, 0.3) is 0 Å². The van der Waals surface area contributed by atoms with Crippen molar-refractivity contribution in [2.75, 3.05) is 33.9 Å². The van der Waals surface area contributed by atoms with Gasteiger partial charge in [0.15, 0.2) is 0 Å². The summed E-state index contributed by atoms with van der Waals surface area (Å²) >= 11 is 6.11. The monoisotopic (exact) mass is 468 g/mol. The Labute approximate surface area is 187 Å². The Morgan fingerprint density at radius 3 is 2.68 bits per heavy atom. The highest BCUT2D eigenvalue weighted by molar-refractivity contribution is 7.89. The number of fused-ring (bicyclic) bond motifs is 2. The number of nitrogens with zero attached hydrogens (tertiary/aromatic N) is 2. The number of halogens is 1. The van der Waals surface area contributed by atoms with Crippen LogP contribution in [0.1, 0.15) is 29.6 Å². The molecule has 2 bridgehead atoms. The quantitative estimate of drug-likeness (QED) is 0.466. The molecule has 2 heterocycles. The molecule has 2 aliphatic heterocycles. The van der Waals surface area contributed by atoms with E-state index in [4.69, 9.17) is 27.5 Å². The molecule has 2 saturated heterocycles. The topological polar surface area (TPSA) is 93.2 Å². The first kappa shape index (κ1) is 23.5. The van der Waals surface area contributed by atoms with Crippen molar-refractivity contribution in [2.24, 2.45) is 5.92 Å². The lowest BCUT2D eigenvalue weighted by Crippen LogP contribution is -2.55. The molecule has 0 aliphatic carbocycles. The van der Waals surface area contributed by atoms with Crippen molar-refractivity contribution in [1.82, 2.24) is 9.21 Å². The van der Waals surface area contributed by atoms with Gasteiger partial charge in [0.05, 0.1) is 30.7 Å². The molecule has 2 aliphatic rings. The van der Waals surface area contributed by atoms with E-state index in [1.165, 1.54) is 41.6 Å². The summed E-state index contributed by atoms with van der Waals surface area (Å²) in [6, 6.07) is 2.51. The number of carbonyl (C=O) groups is 2. The molecule has 8 nitrogen and oxygen atoms in total. The van der Waals surface area contributed by atoms with Gasteiger partial charge in [0.1, 0.15) is 6.04 Å². The fraction of sp³-hybridized carbons (Fsp3) is 0.524. The van der Waals surface area contributed by atoms with Gasteiger partial charge in [-0.15, -0.1) is 6.42 Å². The summed E-state index contributed by atoms with van der Waals surface area (Å²) in [5.74, 6) is 1.21. The zero-order valence-corrected chi connectivity index (χ0v) is 19.0. The van der Waals surface area contributed by atoms with E-state index >= 15 is 0 Å². The van der Waals surface area contributed by atoms with Crippen LogP contribution in [-0.4, -0.2) is 75.5 Å². The lowest BCUT2D eigenvalue weighted by molar-refractivity contribution is -0.134. The first-order valence-electron chi connectivity index (χ1n) is 9.88. The van der Waals surface area contributed by atoms with Gasteiger partial charge in [0, 0.05) is 30.6 Å². The van der Waals surface area contributed by atoms with Crippen molar-refractivity contribution in [3.8, 4) is 12.3 Å². The Kier molecular flexibility index (Phi) is 7.27. The molecule has 31 heavy (non-hydrogen) atoms. The number of hydrogen-bond donors (Lipinski definition) is 0. The smallest absolute Gasteiger partial charge is 0.337 e. The number of hydrogen-bond acceptors (Lipinski definition) is 6. The number of carbonyl (C=O) groups excluding carboxylic acids is 2. The van der Waals surface area contributed by atoms with E-state index in [9.17, 15) is 18.0 Å². The molecule has 3 atom stereocenters. The van der Waals surface area contributed by atoms with E-state index < -0.39 is 28.1 Å². The van der Waals surface area contributed by atoms with E-state index in [1.54, 1.807) is 0 Å². The molecule has 2 fully saturated rings. The highest BCUT2D eigenvalue weighted by Crippen LogP contribution is 2.37. The zero-order chi connectivity index (χ0) is 22.8. The minimum atomic E-state index is -4.17. The second-order valence-electron chi connectivity index (χ2n) is 7.65. The predicted molar refractivity (Wildman–Crippen MR) is 114 cm³/mol. The van der Waals surface area contributed by atoms with Crippen LogP contribution in [0.5, 0.6) is 0 Å². The summed E-state index contributed by atoms with van der Waals surface area (Å²) < 4.78 is 38.9. The highest BCUT2D eigenvalue weighted by Gasteiger charge is 2.50. The number of amides is 1. The molecule has 0 N–H and O–H groups in total. The maximum atomic E-state index is 13.8. The van der Waals surface area contributed by atoms with Gasteiger partial charge in [-0.2, -0.15) is 4.31 Å². The summed E-state index contributed by atoms with van der Waals surface area (Å²) in [4.78, 5) is 26.6. The number of ether oxygens (including phenoxy) is 2. The summed E-state index contributed by atoms with van der Waals surface area (Å²) in [5.41, 5.74) is 0.0160. The summed E-state index contributed by atoms with van der Waals surface area (Å²) in [6.07, 6.45) is 7.14. The Bertz CT molecular complexity index is 1010. The van der Waals surface area contributed by atoms with Crippen LogP contribution in [0.3, 0.4) is 0 Å². The first-order valence-corrected chi connectivity index (χ1v) is 11.7. The Balaban J connectivity index is 2.12. The van der Waals surface area contributed by atoms with Gasteiger partial charge >= 0.3 is 5.97 Å². The molecule has 1 unspecified atom stereocenters. The van der Waals surface area contributed by atoms with Crippen LogP contribution in [0.4, 0.5) is 0 Å². The van der Waals surface area contributed by atoms with Crippen LogP contribution in [-0.2, 0) is 24.3 Å². The van der Waals surface area contributed by atoms with Gasteiger partial charge in [-0.25, -0.2) is 13.2 Å². The minimum absolute atomic E-state index is 0.0160. The van der Waals surface area contributed by atoms with Gasteiger partial charge in [-0.1, -0.05) is 17.5 Å². The average Bonchev–Trinajstić information content (AvgIpc) is 2.81. The fourth-order valence-corrected chi connectivity index (χ4v) is 6.69. The van der Waals surface area contributed by atoms with E-state index in [2.05, 4.69) is 5.92 Å². The summed E-state index contributed by atoms with van der Waals surface area (Å²) in [7, 11) is -1.43. The molecular weight excluding hydrogens is 444 g/mol. The van der Waals surface area contributed by atoms with Crippen molar-refractivity contribution in [3.63, 3.8) is 0 Å². The van der Waals surface area contributed by atoms with Crippen molar-refractivity contribution in [2.45, 2.75) is 36.2 Å². The molecule has 0 radical (unpaired) electrons. The van der Waals surface area contributed by atoms with Crippen LogP contribution in [0.2, 0.25) is 5.02 Å². The van der Waals surface area contributed by atoms with Crippen LogP contribution in [0.15, 0.2) is 23.1 Å². The van der Waals surface area contributed by atoms with Gasteiger partial charge < -0.3 is 14.4 Å².